The monoisotopic (exact) mass is 306 g/mol. The predicted octanol–water partition coefficient (Wildman–Crippen LogP) is 4.16. The maximum atomic E-state index is 6.07. The van der Waals surface area contributed by atoms with Gasteiger partial charge in [0.1, 0.15) is 11.9 Å². The van der Waals surface area contributed by atoms with Gasteiger partial charge in [-0.1, -0.05) is 30.3 Å². The van der Waals surface area contributed by atoms with Gasteiger partial charge in [0.25, 0.3) is 0 Å². The lowest BCUT2D eigenvalue weighted by molar-refractivity contribution is 0.0253. The average molecular weight is 307 g/mol. The second kappa shape index (κ2) is 5.29. The zero-order chi connectivity index (χ0) is 12.4. The van der Waals surface area contributed by atoms with Crippen molar-refractivity contribution in [3.8, 4) is 5.75 Å². The molecule has 0 aliphatic carbocycles. The number of benzene rings is 2. The quantitative estimate of drug-likeness (QED) is 0.829. The summed E-state index contributed by atoms with van der Waals surface area (Å²) in [7, 11) is 0. The van der Waals surface area contributed by atoms with Crippen LogP contribution in [0.2, 0.25) is 0 Å². The predicted molar refractivity (Wildman–Crippen MR) is 76.1 cm³/mol. The first-order valence-corrected chi connectivity index (χ1v) is 7.05. The fourth-order valence-corrected chi connectivity index (χ4v) is 2.86. The van der Waals surface area contributed by atoms with E-state index in [1.807, 2.05) is 18.2 Å². The van der Waals surface area contributed by atoms with Crippen LogP contribution < -0.4 is 4.74 Å². The molecule has 0 atom stereocenters. The number of fused-ring (bicyclic) bond motifs is 1. The molecule has 1 saturated heterocycles. The molecule has 94 valence electrons. The third kappa shape index (κ3) is 2.38. The van der Waals surface area contributed by atoms with Gasteiger partial charge in [-0.05, 0) is 32.8 Å². The number of rotatable bonds is 2. The fraction of sp³-hybridized carbons (Fsp3) is 0.333. The lowest BCUT2D eigenvalue weighted by atomic mass is 10.1. The van der Waals surface area contributed by atoms with Crippen molar-refractivity contribution in [3.05, 3.63) is 40.9 Å². The molecule has 18 heavy (non-hydrogen) atoms. The summed E-state index contributed by atoms with van der Waals surface area (Å²) in [6, 6.07) is 12.5. The Bertz CT molecular complexity index is 547. The second-order valence-corrected chi connectivity index (χ2v) is 5.32. The molecule has 1 aliphatic heterocycles. The van der Waals surface area contributed by atoms with Crippen LogP contribution in [-0.2, 0) is 4.74 Å². The number of hydrogen-bond donors (Lipinski definition) is 0. The fourth-order valence-electron chi connectivity index (χ4n) is 2.28. The molecule has 0 N–H and O–H groups in total. The Balaban J connectivity index is 1.89. The van der Waals surface area contributed by atoms with E-state index in [-0.39, 0.29) is 6.10 Å². The average Bonchev–Trinajstić information content (AvgIpc) is 2.43. The van der Waals surface area contributed by atoms with E-state index in [2.05, 4.69) is 34.1 Å². The molecule has 1 heterocycles. The maximum absolute atomic E-state index is 6.07. The summed E-state index contributed by atoms with van der Waals surface area (Å²) in [6.45, 7) is 1.60. The lowest BCUT2D eigenvalue weighted by Crippen LogP contribution is -2.25. The van der Waals surface area contributed by atoms with Gasteiger partial charge < -0.3 is 9.47 Å². The van der Waals surface area contributed by atoms with Crippen LogP contribution in [0.4, 0.5) is 0 Å². The van der Waals surface area contributed by atoms with Crippen molar-refractivity contribution in [1.82, 2.24) is 0 Å². The molecule has 0 saturated carbocycles. The van der Waals surface area contributed by atoms with Gasteiger partial charge in [0.2, 0.25) is 0 Å². The van der Waals surface area contributed by atoms with Gasteiger partial charge in [-0.3, -0.25) is 0 Å². The third-order valence-corrected chi connectivity index (χ3v) is 4.11. The van der Waals surface area contributed by atoms with E-state index in [1.54, 1.807) is 0 Å². The zero-order valence-corrected chi connectivity index (χ0v) is 11.7. The standard InChI is InChI=1S/C15H15BrO2/c16-15-13-4-2-1-3-11(13)5-6-14(15)18-12-7-9-17-10-8-12/h1-6,12H,7-10H2. The SMILES string of the molecule is Brc1c(OC2CCOCC2)ccc2ccccc12. The van der Waals surface area contributed by atoms with E-state index in [0.29, 0.717) is 0 Å². The van der Waals surface area contributed by atoms with E-state index >= 15 is 0 Å². The Morgan fingerprint density at radius 3 is 2.67 bits per heavy atom. The molecule has 0 unspecified atom stereocenters. The van der Waals surface area contributed by atoms with Crippen LogP contribution in [0.15, 0.2) is 40.9 Å². The van der Waals surface area contributed by atoms with Gasteiger partial charge in [-0.15, -0.1) is 0 Å². The van der Waals surface area contributed by atoms with E-state index in [9.17, 15) is 0 Å². The minimum absolute atomic E-state index is 0.274. The molecule has 2 nitrogen and oxygen atoms in total. The van der Waals surface area contributed by atoms with Crippen LogP contribution >= 0.6 is 15.9 Å². The van der Waals surface area contributed by atoms with Gasteiger partial charge in [0.15, 0.2) is 0 Å². The van der Waals surface area contributed by atoms with Crippen molar-refractivity contribution in [2.75, 3.05) is 13.2 Å². The molecule has 1 fully saturated rings. The first-order valence-electron chi connectivity index (χ1n) is 6.26. The van der Waals surface area contributed by atoms with Crippen LogP contribution in [0.3, 0.4) is 0 Å². The summed E-state index contributed by atoms with van der Waals surface area (Å²) >= 11 is 3.65. The minimum atomic E-state index is 0.274. The molecular weight excluding hydrogens is 292 g/mol. The molecule has 0 spiro atoms. The molecule has 0 radical (unpaired) electrons. The maximum Gasteiger partial charge on any atom is 0.134 e. The van der Waals surface area contributed by atoms with Gasteiger partial charge >= 0.3 is 0 Å². The summed E-state index contributed by atoms with van der Waals surface area (Å²) < 4.78 is 12.5. The molecule has 2 aromatic carbocycles. The summed E-state index contributed by atoms with van der Waals surface area (Å²) in [5, 5.41) is 2.42. The highest BCUT2D eigenvalue weighted by molar-refractivity contribution is 9.10. The van der Waals surface area contributed by atoms with Gasteiger partial charge in [-0.25, -0.2) is 0 Å². The van der Waals surface area contributed by atoms with Crippen LogP contribution in [0, 0.1) is 0 Å². The van der Waals surface area contributed by atoms with Gasteiger partial charge in [0, 0.05) is 12.8 Å². The first kappa shape index (κ1) is 12.0. The molecule has 2 aromatic rings. The zero-order valence-electron chi connectivity index (χ0n) is 10.1. The number of ether oxygens (including phenoxy) is 2. The number of hydrogen-bond acceptors (Lipinski definition) is 2. The first-order chi connectivity index (χ1) is 8.84. The Morgan fingerprint density at radius 1 is 1.06 bits per heavy atom. The van der Waals surface area contributed by atoms with E-state index in [0.717, 1.165) is 36.3 Å². The van der Waals surface area contributed by atoms with E-state index in [4.69, 9.17) is 9.47 Å². The Morgan fingerprint density at radius 2 is 1.83 bits per heavy atom. The van der Waals surface area contributed by atoms with Gasteiger partial charge in [-0.2, -0.15) is 0 Å². The van der Waals surface area contributed by atoms with E-state index in [1.165, 1.54) is 10.8 Å². The highest BCUT2D eigenvalue weighted by Crippen LogP contribution is 2.34. The van der Waals surface area contributed by atoms with Gasteiger partial charge in [0.05, 0.1) is 17.7 Å². The molecule has 1 aliphatic rings. The minimum Gasteiger partial charge on any atom is -0.489 e. The van der Waals surface area contributed by atoms with Crippen molar-refractivity contribution in [2.24, 2.45) is 0 Å². The molecule has 3 rings (SSSR count). The Hall–Kier alpha value is -1.06. The Labute approximate surface area is 115 Å². The molecule has 0 amide bonds. The smallest absolute Gasteiger partial charge is 0.134 e. The van der Waals surface area contributed by atoms with E-state index < -0.39 is 0 Å². The van der Waals surface area contributed by atoms with Crippen LogP contribution in [0.5, 0.6) is 5.75 Å². The van der Waals surface area contributed by atoms with Crippen LogP contribution in [0.25, 0.3) is 10.8 Å². The van der Waals surface area contributed by atoms with Crippen LogP contribution in [-0.4, -0.2) is 19.3 Å². The Kier molecular flexibility index (Phi) is 3.52. The third-order valence-electron chi connectivity index (χ3n) is 3.29. The highest BCUT2D eigenvalue weighted by Gasteiger charge is 2.17. The van der Waals surface area contributed by atoms with Crippen molar-refractivity contribution < 1.29 is 9.47 Å². The van der Waals surface area contributed by atoms with Crippen LogP contribution in [0.1, 0.15) is 12.8 Å². The molecule has 0 aromatic heterocycles. The number of halogens is 1. The molecular formula is C15H15BrO2. The van der Waals surface area contributed by atoms with Crippen molar-refractivity contribution in [3.63, 3.8) is 0 Å². The summed E-state index contributed by atoms with van der Waals surface area (Å²) in [5.41, 5.74) is 0. The second-order valence-electron chi connectivity index (χ2n) is 4.53. The molecule has 0 bridgehead atoms. The lowest BCUT2D eigenvalue weighted by Gasteiger charge is -2.24. The molecule has 3 heteroatoms. The summed E-state index contributed by atoms with van der Waals surface area (Å²) in [6.07, 6.45) is 2.22. The largest absolute Gasteiger partial charge is 0.489 e. The normalized spacial score (nSPS) is 16.9. The topological polar surface area (TPSA) is 18.5 Å². The summed E-state index contributed by atoms with van der Waals surface area (Å²) in [5.74, 6) is 0.931. The van der Waals surface area contributed by atoms with Crippen molar-refractivity contribution in [1.29, 1.82) is 0 Å². The highest BCUT2D eigenvalue weighted by atomic mass is 79.9. The summed E-state index contributed by atoms with van der Waals surface area (Å²) in [4.78, 5) is 0. The van der Waals surface area contributed by atoms with Crippen molar-refractivity contribution >= 4 is 26.7 Å². The van der Waals surface area contributed by atoms with Crippen molar-refractivity contribution in [2.45, 2.75) is 18.9 Å².